The van der Waals surface area contributed by atoms with E-state index in [9.17, 15) is 19.7 Å². The second kappa shape index (κ2) is 6.80. The molecular formula is C12H8BrN3O6. The minimum atomic E-state index is -0.856. The van der Waals surface area contributed by atoms with Crippen LogP contribution in [0.2, 0.25) is 0 Å². The first-order chi connectivity index (χ1) is 10.5. The Hall–Kier alpha value is -2.75. The third kappa shape index (κ3) is 3.88. The Morgan fingerprint density at radius 3 is 2.82 bits per heavy atom. The van der Waals surface area contributed by atoms with Gasteiger partial charge in [-0.05, 0) is 28.1 Å². The van der Waals surface area contributed by atoms with Gasteiger partial charge in [-0.2, -0.15) is 0 Å². The number of hydrogen-bond donors (Lipinski definition) is 1. The second-order valence-electron chi connectivity index (χ2n) is 3.93. The molecule has 0 bridgehead atoms. The van der Waals surface area contributed by atoms with Crippen molar-refractivity contribution in [2.75, 3.05) is 11.9 Å². The number of rotatable bonds is 5. The number of amides is 1. The number of nitro benzene ring substituents is 1. The third-order valence-electron chi connectivity index (χ3n) is 2.42. The quantitative estimate of drug-likeness (QED) is 0.486. The molecule has 9 nitrogen and oxygen atoms in total. The zero-order valence-electron chi connectivity index (χ0n) is 10.8. The molecule has 2 rings (SSSR count). The van der Waals surface area contributed by atoms with Gasteiger partial charge in [0.25, 0.3) is 11.6 Å². The summed E-state index contributed by atoms with van der Waals surface area (Å²) in [5.74, 6) is -1.29. The zero-order chi connectivity index (χ0) is 16.1. The van der Waals surface area contributed by atoms with E-state index in [1.807, 2.05) is 0 Å². The van der Waals surface area contributed by atoms with Crippen LogP contribution in [-0.4, -0.2) is 28.6 Å². The van der Waals surface area contributed by atoms with Gasteiger partial charge in [-0.25, -0.2) is 4.79 Å². The Kier molecular flexibility index (Phi) is 4.84. The van der Waals surface area contributed by atoms with Gasteiger partial charge in [0.1, 0.15) is 6.26 Å². The van der Waals surface area contributed by atoms with Gasteiger partial charge in [0.05, 0.1) is 15.0 Å². The van der Waals surface area contributed by atoms with E-state index in [0.29, 0.717) is 0 Å². The SMILES string of the molecule is O=C(COC(=O)c1ccc(Br)c([N+](=O)[O-])c1)Nc1ccon1. The van der Waals surface area contributed by atoms with E-state index in [2.05, 4.69) is 30.9 Å². The van der Waals surface area contributed by atoms with Gasteiger partial charge in [0.2, 0.25) is 0 Å². The van der Waals surface area contributed by atoms with E-state index in [-0.39, 0.29) is 21.5 Å². The van der Waals surface area contributed by atoms with E-state index in [1.54, 1.807) is 0 Å². The van der Waals surface area contributed by atoms with Crippen molar-refractivity contribution >= 4 is 39.3 Å². The van der Waals surface area contributed by atoms with E-state index in [0.717, 1.165) is 6.07 Å². The number of carbonyl (C=O) groups excluding carboxylic acids is 2. The summed E-state index contributed by atoms with van der Waals surface area (Å²) in [6, 6.07) is 5.17. The van der Waals surface area contributed by atoms with Crippen LogP contribution in [0.5, 0.6) is 0 Å². The van der Waals surface area contributed by atoms with E-state index >= 15 is 0 Å². The molecule has 0 spiro atoms. The number of esters is 1. The van der Waals surface area contributed by atoms with Gasteiger partial charge in [0, 0.05) is 12.1 Å². The lowest BCUT2D eigenvalue weighted by Gasteiger charge is -2.05. The number of carbonyl (C=O) groups is 2. The summed E-state index contributed by atoms with van der Waals surface area (Å²) in [6.07, 6.45) is 1.27. The third-order valence-corrected chi connectivity index (χ3v) is 3.09. The first-order valence-corrected chi connectivity index (χ1v) is 6.58. The standard InChI is InChI=1S/C12H8BrN3O6/c13-8-2-1-7(5-9(8)16(19)20)12(18)21-6-11(17)14-10-3-4-22-15-10/h1-5H,6H2,(H,14,15,17). The van der Waals surface area contributed by atoms with Crippen molar-refractivity contribution in [1.29, 1.82) is 0 Å². The summed E-state index contributed by atoms with van der Waals surface area (Å²) in [4.78, 5) is 33.4. The zero-order valence-corrected chi connectivity index (χ0v) is 12.4. The lowest BCUT2D eigenvalue weighted by molar-refractivity contribution is -0.385. The highest BCUT2D eigenvalue weighted by Crippen LogP contribution is 2.25. The van der Waals surface area contributed by atoms with Crippen LogP contribution in [0, 0.1) is 10.1 Å². The predicted octanol–water partition coefficient (Wildman–Crippen LogP) is 2.14. The van der Waals surface area contributed by atoms with Crippen LogP contribution in [0.4, 0.5) is 11.5 Å². The van der Waals surface area contributed by atoms with Crippen LogP contribution in [0.1, 0.15) is 10.4 Å². The number of halogens is 1. The maximum Gasteiger partial charge on any atom is 0.338 e. The predicted molar refractivity (Wildman–Crippen MR) is 76.2 cm³/mol. The molecule has 10 heteroatoms. The molecule has 0 radical (unpaired) electrons. The fourth-order valence-corrected chi connectivity index (χ4v) is 1.84. The Bertz CT molecular complexity index is 716. The van der Waals surface area contributed by atoms with Crippen molar-refractivity contribution in [3.05, 3.63) is 50.7 Å². The summed E-state index contributed by atoms with van der Waals surface area (Å²) in [5.41, 5.74) is -0.314. The summed E-state index contributed by atoms with van der Waals surface area (Å²) in [7, 11) is 0. The lowest BCUT2D eigenvalue weighted by atomic mass is 10.2. The van der Waals surface area contributed by atoms with Crippen molar-refractivity contribution < 1.29 is 23.8 Å². The highest BCUT2D eigenvalue weighted by molar-refractivity contribution is 9.10. The number of nitrogens with zero attached hydrogens (tertiary/aromatic N) is 2. The van der Waals surface area contributed by atoms with Gasteiger partial charge in [-0.1, -0.05) is 5.16 Å². The fourth-order valence-electron chi connectivity index (χ4n) is 1.45. The summed E-state index contributed by atoms with van der Waals surface area (Å²) in [5, 5.41) is 16.6. The Morgan fingerprint density at radius 2 is 2.18 bits per heavy atom. The molecule has 0 aliphatic carbocycles. The molecular weight excluding hydrogens is 362 g/mol. The second-order valence-corrected chi connectivity index (χ2v) is 4.79. The smallest absolute Gasteiger partial charge is 0.338 e. The van der Waals surface area contributed by atoms with Crippen molar-refractivity contribution in [3.63, 3.8) is 0 Å². The highest BCUT2D eigenvalue weighted by Gasteiger charge is 2.17. The van der Waals surface area contributed by atoms with Gasteiger partial charge >= 0.3 is 5.97 Å². The topological polar surface area (TPSA) is 125 Å². The number of nitro groups is 1. The molecule has 0 atom stereocenters. The van der Waals surface area contributed by atoms with Crippen LogP contribution in [0.15, 0.2) is 39.5 Å². The molecule has 22 heavy (non-hydrogen) atoms. The Balaban J connectivity index is 1.96. The maximum atomic E-state index is 11.8. The van der Waals surface area contributed by atoms with Crippen molar-refractivity contribution in [1.82, 2.24) is 5.16 Å². The molecule has 1 aromatic heterocycles. The minimum Gasteiger partial charge on any atom is -0.452 e. The van der Waals surface area contributed by atoms with Crippen LogP contribution >= 0.6 is 15.9 Å². The summed E-state index contributed by atoms with van der Waals surface area (Å²) in [6.45, 7) is -0.560. The number of anilines is 1. The number of aromatic nitrogens is 1. The fraction of sp³-hybridized carbons (Fsp3) is 0.0833. The molecule has 0 saturated carbocycles. The van der Waals surface area contributed by atoms with Crippen molar-refractivity contribution in [3.8, 4) is 0 Å². The molecule has 0 aliphatic rings. The average Bonchev–Trinajstić information content (AvgIpc) is 2.97. The summed E-state index contributed by atoms with van der Waals surface area (Å²) >= 11 is 3.00. The largest absolute Gasteiger partial charge is 0.452 e. The summed E-state index contributed by atoms with van der Waals surface area (Å²) < 4.78 is 9.52. The van der Waals surface area contributed by atoms with Crippen molar-refractivity contribution in [2.45, 2.75) is 0 Å². The van der Waals surface area contributed by atoms with E-state index in [1.165, 1.54) is 24.5 Å². The first kappa shape index (κ1) is 15.6. The number of benzene rings is 1. The molecule has 0 unspecified atom stereocenters. The molecule has 0 aliphatic heterocycles. The Labute approximate surface area is 131 Å². The molecule has 1 heterocycles. The van der Waals surface area contributed by atoms with Gasteiger partial charge in [-0.3, -0.25) is 14.9 Å². The normalized spacial score (nSPS) is 10.0. The van der Waals surface area contributed by atoms with E-state index < -0.39 is 23.4 Å². The number of hydrogen-bond acceptors (Lipinski definition) is 7. The van der Waals surface area contributed by atoms with Crippen molar-refractivity contribution in [2.24, 2.45) is 0 Å². The molecule has 114 valence electrons. The van der Waals surface area contributed by atoms with Crippen LogP contribution in [-0.2, 0) is 9.53 Å². The minimum absolute atomic E-state index is 0.0378. The monoisotopic (exact) mass is 369 g/mol. The van der Waals surface area contributed by atoms with Gasteiger partial charge < -0.3 is 14.6 Å². The van der Waals surface area contributed by atoms with Crippen LogP contribution < -0.4 is 5.32 Å². The number of ether oxygens (including phenoxy) is 1. The average molecular weight is 370 g/mol. The molecule has 0 saturated heterocycles. The Morgan fingerprint density at radius 1 is 1.41 bits per heavy atom. The molecule has 1 aromatic carbocycles. The first-order valence-electron chi connectivity index (χ1n) is 5.78. The molecule has 0 fully saturated rings. The lowest BCUT2D eigenvalue weighted by Crippen LogP contribution is -2.21. The van der Waals surface area contributed by atoms with Gasteiger partial charge in [0.15, 0.2) is 12.4 Å². The van der Waals surface area contributed by atoms with Crippen LogP contribution in [0.3, 0.4) is 0 Å². The molecule has 1 amide bonds. The molecule has 1 N–H and O–H groups in total. The molecule has 2 aromatic rings. The highest BCUT2D eigenvalue weighted by atomic mass is 79.9. The van der Waals surface area contributed by atoms with Gasteiger partial charge in [-0.15, -0.1) is 0 Å². The number of nitrogens with one attached hydrogen (secondary N) is 1. The maximum absolute atomic E-state index is 11.8. The van der Waals surface area contributed by atoms with E-state index in [4.69, 9.17) is 4.74 Å². The van der Waals surface area contributed by atoms with Crippen LogP contribution in [0.25, 0.3) is 0 Å².